The molecule has 8 N–H and O–H groups in total. The first kappa shape index (κ1) is 41.9. The molecule has 0 saturated heterocycles. The van der Waals surface area contributed by atoms with Gasteiger partial charge in [-0.2, -0.15) is 0 Å². The van der Waals surface area contributed by atoms with Crippen LogP contribution in [-0.4, -0.2) is 101 Å². The van der Waals surface area contributed by atoms with E-state index in [1.54, 1.807) is 0 Å². The smallest absolute Gasteiger partial charge is 0.353 e. The summed E-state index contributed by atoms with van der Waals surface area (Å²) in [7, 11) is 0. The van der Waals surface area contributed by atoms with E-state index in [0.29, 0.717) is 0 Å². The van der Waals surface area contributed by atoms with Gasteiger partial charge < -0.3 is 60.8 Å². The van der Waals surface area contributed by atoms with E-state index in [-0.39, 0.29) is 0 Å². The Morgan fingerprint density at radius 2 is 0.520 bits per heavy atom. The van der Waals surface area contributed by atoms with Crippen LogP contribution in [-0.2, 0) is 76.3 Å². The number of carbonyl (C=O) groups excluding carboxylic acids is 8. The molecule has 4 atom stereocenters. The summed E-state index contributed by atoms with van der Waals surface area (Å²) < 4.78 is 39.8. The summed E-state index contributed by atoms with van der Waals surface area (Å²) >= 11 is 0. The Kier molecular flexibility index (Phi) is 17.6. The zero-order valence-corrected chi connectivity index (χ0v) is 27.1. The van der Waals surface area contributed by atoms with E-state index in [0.717, 1.165) is 0 Å². The lowest BCUT2D eigenvalue weighted by Gasteiger charge is -2.36. The van der Waals surface area contributed by atoms with Crippen LogP contribution in [0.25, 0.3) is 0 Å². The molecule has 0 heterocycles. The Hall–Kier alpha value is -6.08. The molecule has 4 unspecified atom stereocenters. The Morgan fingerprint density at radius 1 is 0.360 bits per heavy atom. The monoisotopic (exact) mass is 712 g/mol. The molecule has 50 heavy (non-hydrogen) atoms. The van der Waals surface area contributed by atoms with Crippen LogP contribution in [0, 0.1) is 23.7 Å². The van der Waals surface area contributed by atoms with Gasteiger partial charge in [-0.15, -0.1) is 0 Å². The average Bonchev–Trinajstić information content (AvgIpc) is 3.06. The highest BCUT2D eigenvalue weighted by molar-refractivity contribution is 5.89. The third kappa shape index (κ3) is 14.4. The van der Waals surface area contributed by atoms with Crippen molar-refractivity contribution in [3.63, 3.8) is 0 Å². The molecule has 20 nitrogen and oxygen atoms in total. The maximum absolute atomic E-state index is 13.2. The van der Waals surface area contributed by atoms with Gasteiger partial charge in [-0.25, -0.2) is 19.2 Å². The van der Waals surface area contributed by atoms with Crippen molar-refractivity contribution < 1.29 is 76.3 Å². The Morgan fingerprint density at radius 3 is 0.680 bits per heavy atom. The SMILES string of the molecule is C=C(N)C(=O)OCCOC(=O)C1CC(C(=O)OCCOC(=O)C(=C)N)C(C(=O)OCCOC(=O)C(=C)N)CC1C(=O)OCCOC(=O)C(=C)N. The van der Waals surface area contributed by atoms with Crippen LogP contribution in [0.1, 0.15) is 12.8 Å². The third-order valence-corrected chi connectivity index (χ3v) is 6.49. The van der Waals surface area contributed by atoms with Crippen LogP contribution in [0.15, 0.2) is 49.1 Å². The van der Waals surface area contributed by atoms with E-state index in [2.05, 4.69) is 26.3 Å². The van der Waals surface area contributed by atoms with E-state index in [1.807, 2.05) is 0 Å². The minimum absolute atomic E-state index is 0.405. The topological polar surface area (TPSA) is 314 Å². The largest absolute Gasteiger partial charge is 0.462 e. The summed E-state index contributed by atoms with van der Waals surface area (Å²) in [4.78, 5) is 99.1. The third-order valence-electron chi connectivity index (χ3n) is 6.49. The predicted molar refractivity (Wildman–Crippen MR) is 164 cm³/mol. The highest BCUT2D eigenvalue weighted by Gasteiger charge is 2.51. The number of ether oxygens (including phenoxy) is 8. The normalized spacial score (nSPS) is 17.8. The fourth-order valence-electron chi connectivity index (χ4n) is 4.15. The number of hydrogen-bond donors (Lipinski definition) is 4. The zero-order valence-electron chi connectivity index (χ0n) is 27.1. The second kappa shape index (κ2) is 21.0. The maximum atomic E-state index is 13.2. The van der Waals surface area contributed by atoms with Crippen LogP contribution in [0.5, 0.6) is 0 Å². The van der Waals surface area contributed by atoms with Gasteiger partial charge in [0.25, 0.3) is 0 Å². The molecule has 0 aromatic heterocycles. The molecule has 0 radical (unpaired) electrons. The Balaban J connectivity index is 3.23. The second-order valence-corrected chi connectivity index (χ2v) is 10.2. The fourth-order valence-corrected chi connectivity index (χ4v) is 4.15. The molecule has 0 aromatic carbocycles. The van der Waals surface area contributed by atoms with E-state index in [9.17, 15) is 38.4 Å². The molecule has 20 heteroatoms. The first-order valence-electron chi connectivity index (χ1n) is 14.6. The lowest BCUT2D eigenvalue weighted by Crippen LogP contribution is -2.47. The summed E-state index contributed by atoms with van der Waals surface area (Å²) in [5.74, 6) is -13.8. The number of carbonyl (C=O) groups is 8. The number of rotatable bonds is 20. The van der Waals surface area contributed by atoms with Crippen molar-refractivity contribution in [2.45, 2.75) is 12.8 Å². The van der Waals surface area contributed by atoms with Crippen molar-refractivity contribution >= 4 is 47.8 Å². The highest BCUT2D eigenvalue weighted by atomic mass is 16.6. The van der Waals surface area contributed by atoms with Crippen LogP contribution in [0.3, 0.4) is 0 Å². The number of hydrogen-bond acceptors (Lipinski definition) is 20. The quantitative estimate of drug-likeness (QED) is 0.0438. The molecule has 0 aromatic rings. The summed E-state index contributed by atoms with van der Waals surface area (Å²) in [6, 6.07) is 0. The summed E-state index contributed by atoms with van der Waals surface area (Å²) in [5, 5.41) is 0. The summed E-state index contributed by atoms with van der Waals surface area (Å²) in [5.41, 5.74) is 19.3. The van der Waals surface area contributed by atoms with Gasteiger partial charge >= 0.3 is 47.8 Å². The molecular formula is C30H40N4O16. The highest BCUT2D eigenvalue weighted by Crippen LogP contribution is 2.41. The van der Waals surface area contributed by atoms with Gasteiger partial charge in [0.2, 0.25) is 0 Å². The first-order chi connectivity index (χ1) is 23.5. The van der Waals surface area contributed by atoms with Crippen molar-refractivity contribution in [2.75, 3.05) is 52.9 Å². The molecule has 0 amide bonds. The van der Waals surface area contributed by atoms with E-state index in [4.69, 9.17) is 60.8 Å². The second-order valence-electron chi connectivity index (χ2n) is 10.2. The lowest BCUT2D eigenvalue weighted by molar-refractivity contribution is -0.177. The molecule has 0 bridgehead atoms. The first-order valence-corrected chi connectivity index (χ1v) is 14.6. The molecule has 1 fully saturated rings. The molecule has 1 aliphatic rings. The standard InChI is InChI=1S/C30H40N4O16/c1-15(31)23(35)43-5-9-47-27(39)19-13-21(29(41)49-11-7-45-25(37)17(3)33)22(30(42)50-12-8-46-26(38)18(4)34)14-20(19)28(40)48-10-6-44-24(36)16(2)32/h19-22H,1-14,31-34H2. The number of nitrogens with two attached hydrogens (primary N) is 4. The maximum Gasteiger partial charge on any atom is 0.353 e. The minimum atomic E-state index is -1.44. The van der Waals surface area contributed by atoms with Gasteiger partial charge in [0.1, 0.15) is 75.6 Å². The minimum Gasteiger partial charge on any atom is -0.462 e. The van der Waals surface area contributed by atoms with Crippen LogP contribution >= 0.6 is 0 Å². The Bertz CT molecular complexity index is 1170. The fraction of sp³-hybridized carbons (Fsp3) is 0.467. The lowest BCUT2D eigenvalue weighted by atomic mass is 9.68. The molecular weight excluding hydrogens is 672 g/mol. The summed E-state index contributed by atoms with van der Waals surface area (Å²) in [6.45, 7) is 9.05. The van der Waals surface area contributed by atoms with Gasteiger partial charge in [0.05, 0.1) is 23.7 Å². The molecule has 0 aliphatic heterocycles. The molecule has 0 spiro atoms. The van der Waals surface area contributed by atoms with E-state index >= 15 is 0 Å². The Labute approximate surface area is 285 Å². The van der Waals surface area contributed by atoms with Gasteiger partial charge in [-0.05, 0) is 12.8 Å². The zero-order chi connectivity index (χ0) is 38.0. The van der Waals surface area contributed by atoms with Gasteiger partial charge in [-0.3, -0.25) is 19.2 Å². The molecule has 1 aliphatic carbocycles. The van der Waals surface area contributed by atoms with Crippen molar-refractivity contribution in [2.24, 2.45) is 46.6 Å². The number of esters is 8. The summed E-state index contributed by atoms with van der Waals surface area (Å²) in [6.07, 6.45) is -1.06. The molecule has 276 valence electrons. The van der Waals surface area contributed by atoms with Crippen molar-refractivity contribution in [3.8, 4) is 0 Å². The van der Waals surface area contributed by atoms with E-state index in [1.165, 1.54) is 0 Å². The van der Waals surface area contributed by atoms with Crippen molar-refractivity contribution in [3.05, 3.63) is 49.1 Å². The van der Waals surface area contributed by atoms with Crippen LogP contribution < -0.4 is 22.9 Å². The molecule has 1 saturated carbocycles. The predicted octanol–water partition coefficient (Wildman–Crippen LogP) is -2.52. The van der Waals surface area contributed by atoms with E-state index < -0.39 is 160 Å². The van der Waals surface area contributed by atoms with Crippen molar-refractivity contribution in [1.29, 1.82) is 0 Å². The van der Waals surface area contributed by atoms with Gasteiger partial charge in [-0.1, -0.05) is 26.3 Å². The average molecular weight is 713 g/mol. The molecule has 1 rings (SSSR count). The van der Waals surface area contributed by atoms with Gasteiger partial charge in [0, 0.05) is 0 Å². The van der Waals surface area contributed by atoms with Crippen LogP contribution in [0.2, 0.25) is 0 Å². The van der Waals surface area contributed by atoms with Gasteiger partial charge in [0.15, 0.2) is 0 Å². The van der Waals surface area contributed by atoms with Crippen LogP contribution in [0.4, 0.5) is 0 Å². The van der Waals surface area contributed by atoms with Crippen molar-refractivity contribution in [1.82, 2.24) is 0 Å².